The number of furan rings is 1. The number of fused-ring (bicyclic) bond motifs is 1. The number of aliphatic hydroxyl groups excluding tert-OH is 1. The van der Waals surface area contributed by atoms with Crippen molar-refractivity contribution in [2.45, 2.75) is 32.7 Å². The van der Waals surface area contributed by atoms with Crippen LogP contribution in [0.1, 0.15) is 25.0 Å². The van der Waals surface area contributed by atoms with E-state index in [1.54, 1.807) is 20.1 Å². The van der Waals surface area contributed by atoms with Gasteiger partial charge in [0.05, 0.1) is 24.8 Å². The standard InChI is InChI=1S/C15H19NO3/c1-10-4-5-12-11(8-19-13(12)6-10)7-14(18)16-15(2,3)9-17/h4-6,8,17H,7,9H2,1-3H3,(H,16,18). The zero-order valence-electron chi connectivity index (χ0n) is 11.5. The maximum atomic E-state index is 11.9. The van der Waals surface area contributed by atoms with E-state index < -0.39 is 5.54 Å². The average molecular weight is 261 g/mol. The van der Waals surface area contributed by atoms with Crippen molar-refractivity contribution >= 4 is 16.9 Å². The minimum atomic E-state index is -0.604. The van der Waals surface area contributed by atoms with Crippen molar-refractivity contribution in [2.24, 2.45) is 0 Å². The van der Waals surface area contributed by atoms with E-state index in [2.05, 4.69) is 5.32 Å². The van der Waals surface area contributed by atoms with E-state index in [4.69, 9.17) is 9.52 Å². The number of hydrogen-bond acceptors (Lipinski definition) is 3. The maximum absolute atomic E-state index is 11.9. The lowest BCUT2D eigenvalue weighted by molar-refractivity contribution is -0.122. The highest BCUT2D eigenvalue weighted by atomic mass is 16.3. The fourth-order valence-corrected chi connectivity index (χ4v) is 1.96. The molecular formula is C15H19NO3. The Morgan fingerprint density at radius 1 is 1.42 bits per heavy atom. The molecule has 102 valence electrons. The lowest BCUT2D eigenvalue weighted by Crippen LogP contribution is -2.46. The second kappa shape index (κ2) is 5.05. The Labute approximate surface area is 112 Å². The van der Waals surface area contributed by atoms with Crippen molar-refractivity contribution in [1.82, 2.24) is 5.32 Å². The molecule has 0 spiro atoms. The van der Waals surface area contributed by atoms with Gasteiger partial charge in [0.15, 0.2) is 0 Å². The third-order valence-electron chi connectivity index (χ3n) is 3.04. The van der Waals surface area contributed by atoms with Crippen LogP contribution in [-0.2, 0) is 11.2 Å². The SMILES string of the molecule is Cc1ccc2c(CC(=O)NC(C)(C)CO)coc2c1. The maximum Gasteiger partial charge on any atom is 0.225 e. The summed E-state index contributed by atoms with van der Waals surface area (Å²) in [5.74, 6) is -0.123. The molecule has 2 aromatic rings. The van der Waals surface area contributed by atoms with Crippen molar-refractivity contribution in [3.63, 3.8) is 0 Å². The Morgan fingerprint density at radius 2 is 2.16 bits per heavy atom. The van der Waals surface area contributed by atoms with Gasteiger partial charge in [0, 0.05) is 10.9 Å². The van der Waals surface area contributed by atoms with Gasteiger partial charge in [0.25, 0.3) is 0 Å². The molecule has 0 atom stereocenters. The fourth-order valence-electron chi connectivity index (χ4n) is 1.96. The number of aliphatic hydroxyl groups is 1. The highest BCUT2D eigenvalue weighted by molar-refractivity contribution is 5.88. The number of carbonyl (C=O) groups excluding carboxylic acids is 1. The zero-order valence-corrected chi connectivity index (χ0v) is 11.5. The Bertz CT molecular complexity index is 598. The summed E-state index contributed by atoms with van der Waals surface area (Å²) in [6, 6.07) is 5.92. The molecule has 1 aromatic heterocycles. The first kappa shape index (κ1) is 13.6. The number of benzene rings is 1. The molecule has 4 heteroatoms. The summed E-state index contributed by atoms with van der Waals surface area (Å²) in [5, 5.41) is 12.9. The molecule has 0 aliphatic heterocycles. The first-order valence-corrected chi connectivity index (χ1v) is 6.30. The minimum absolute atomic E-state index is 0.0932. The van der Waals surface area contributed by atoms with Crippen molar-refractivity contribution < 1.29 is 14.3 Å². The van der Waals surface area contributed by atoms with Crippen LogP contribution >= 0.6 is 0 Å². The monoisotopic (exact) mass is 261 g/mol. The summed E-state index contributed by atoms with van der Waals surface area (Å²) in [6.07, 6.45) is 1.87. The van der Waals surface area contributed by atoms with E-state index in [1.807, 2.05) is 25.1 Å². The third kappa shape index (κ3) is 3.15. The van der Waals surface area contributed by atoms with Crippen molar-refractivity contribution in [1.29, 1.82) is 0 Å². The van der Waals surface area contributed by atoms with Gasteiger partial charge in [-0.3, -0.25) is 4.79 Å². The van der Waals surface area contributed by atoms with Gasteiger partial charge in [-0.25, -0.2) is 0 Å². The molecule has 19 heavy (non-hydrogen) atoms. The molecule has 2 N–H and O–H groups in total. The molecule has 0 bridgehead atoms. The topological polar surface area (TPSA) is 62.5 Å². The number of aryl methyl sites for hydroxylation is 1. The number of carbonyl (C=O) groups is 1. The van der Waals surface area contributed by atoms with Crippen LogP contribution in [0.3, 0.4) is 0 Å². The van der Waals surface area contributed by atoms with Crippen LogP contribution in [0.4, 0.5) is 0 Å². The molecule has 0 aliphatic rings. The molecule has 0 unspecified atom stereocenters. The Hall–Kier alpha value is -1.81. The van der Waals surface area contributed by atoms with Gasteiger partial charge in [-0.15, -0.1) is 0 Å². The van der Waals surface area contributed by atoms with E-state index >= 15 is 0 Å². The predicted octanol–water partition coefficient (Wildman–Crippen LogP) is 2.17. The first-order valence-electron chi connectivity index (χ1n) is 6.30. The molecule has 0 radical (unpaired) electrons. The highest BCUT2D eigenvalue weighted by Crippen LogP contribution is 2.22. The Morgan fingerprint density at radius 3 is 2.84 bits per heavy atom. The normalized spacial score (nSPS) is 11.8. The van der Waals surface area contributed by atoms with Crippen LogP contribution in [0.5, 0.6) is 0 Å². The van der Waals surface area contributed by atoms with Gasteiger partial charge in [-0.2, -0.15) is 0 Å². The second-order valence-corrected chi connectivity index (χ2v) is 5.53. The van der Waals surface area contributed by atoms with E-state index in [9.17, 15) is 4.79 Å². The van der Waals surface area contributed by atoms with Gasteiger partial charge in [-0.1, -0.05) is 12.1 Å². The summed E-state index contributed by atoms with van der Waals surface area (Å²) in [7, 11) is 0. The number of amides is 1. The van der Waals surface area contributed by atoms with Crippen LogP contribution in [0, 0.1) is 6.92 Å². The molecular weight excluding hydrogens is 242 g/mol. The molecule has 1 heterocycles. The van der Waals surface area contributed by atoms with Crippen LogP contribution in [-0.4, -0.2) is 23.2 Å². The van der Waals surface area contributed by atoms with Crippen LogP contribution < -0.4 is 5.32 Å². The Kier molecular flexibility index (Phi) is 3.62. The molecule has 4 nitrogen and oxygen atoms in total. The van der Waals surface area contributed by atoms with Crippen molar-refractivity contribution in [3.8, 4) is 0 Å². The smallest absolute Gasteiger partial charge is 0.225 e. The van der Waals surface area contributed by atoms with Crippen molar-refractivity contribution in [3.05, 3.63) is 35.6 Å². The summed E-state index contributed by atoms with van der Waals surface area (Å²) < 4.78 is 5.46. The summed E-state index contributed by atoms with van der Waals surface area (Å²) in [5.41, 5.74) is 2.18. The minimum Gasteiger partial charge on any atom is -0.464 e. The van der Waals surface area contributed by atoms with Gasteiger partial charge in [-0.05, 0) is 32.4 Å². The molecule has 1 amide bonds. The highest BCUT2D eigenvalue weighted by Gasteiger charge is 2.20. The van der Waals surface area contributed by atoms with Crippen molar-refractivity contribution in [2.75, 3.05) is 6.61 Å². The van der Waals surface area contributed by atoms with E-state index in [-0.39, 0.29) is 18.9 Å². The molecule has 2 rings (SSSR count). The second-order valence-electron chi connectivity index (χ2n) is 5.53. The molecule has 0 saturated carbocycles. The van der Waals surface area contributed by atoms with E-state index in [1.165, 1.54) is 0 Å². The lowest BCUT2D eigenvalue weighted by Gasteiger charge is -2.23. The summed E-state index contributed by atoms with van der Waals surface area (Å²) in [4.78, 5) is 11.9. The number of rotatable bonds is 4. The molecule has 0 aliphatic carbocycles. The summed E-state index contributed by atoms with van der Waals surface area (Å²) >= 11 is 0. The zero-order chi connectivity index (χ0) is 14.0. The lowest BCUT2D eigenvalue weighted by atomic mass is 10.1. The average Bonchev–Trinajstić information content (AvgIpc) is 2.71. The first-order chi connectivity index (χ1) is 8.91. The molecule has 0 saturated heterocycles. The van der Waals surface area contributed by atoms with Crippen LogP contribution in [0.15, 0.2) is 28.9 Å². The number of hydrogen-bond donors (Lipinski definition) is 2. The van der Waals surface area contributed by atoms with Gasteiger partial charge in [0.1, 0.15) is 5.58 Å². The predicted molar refractivity (Wildman–Crippen MR) is 74.0 cm³/mol. The summed E-state index contributed by atoms with van der Waals surface area (Å²) in [6.45, 7) is 5.46. The molecule has 0 fully saturated rings. The molecule has 1 aromatic carbocycles. The van der Waals surface area contributed by atoms with E-state index in [0.29, 0.717) is 0 Å². The third-order valence-corrected chi connectivity index (χ3v) is 3.04. The van der Waals surface area contributed by atoms with Gasteiger partial charge >= 0.3 is 0 Å². The van der Waals surface area contributed by atoms with E-state index in [0.717, 1.165) is 22.1 Å². The quantitative estimate of drug-likeness (QED) is 0.886. The fraction of sp³-hybridized carbons (Fsp3) is 0.400. The van der Waals surface area contributed by atoms with Gasteiger partial charge in [0.2, 0.25) is 5.91 Å². The van der Waals surface area contributed by atoms with Crippen LogP contribution in [0.2, 0.25) is 0 Å². The largest absolute Gasteiger partial charge is 0.464 e. The van der Waals surface area contributed by atoms with Gasteiger partial charge < -0.3 is 14.8 Å². The Balaban J connectivity index is 2.16. The van der Waals surface area contributed by atoms with Crippen LogP contribution in [0.25, 0.3) is 11.0 Å². The number of nitrogens with one attached hydrogen (secondary N) is 1.